The summed E-state index contributed by atoms with van der Waals surface area (Å²) < 4.78 is 14.2. The predicted molar refractivity (Wildman–Crippen MR) is 74.1 cm³/mol. The van der Waals surface area contributed by atoms with Crippen LogP contribution in [0.4, 0.5) is 10.2 Å². The second-order valence-electron chi connectivity index (χ2n) is 5.14. The molecule has 1 aliphatic heterocycles. The molecule has 6 heteroatoms. The lowest BCUT2D eigenvalue weighted by Gasteiger charge is -2.34. The Morgan fingerprint density at radius 2 is 2.40 bits per heavy atom. The first-order valence-electron chi connectivity index (χ1n) is 6.90. The van der Waals surface area contributed by atoms with Crippen LogP contribution in [0.25, 0.3) is 0 Å². The normalized spacial score (nSPS) is 22.7. The van der Waals surface area contributed by atoms with Crippen LogP contribution in [0, 0.1) is 11.7 Å². The zero-order valence-electron chi connectivity index (χ0n) is 11.8. The van der Waals surface area contributed by atoms with E-state index in [-0.39, 0.29) is 23.8 Å². The summed E-state index contributed by atoms with van der Waals surface area (Å²) in [5, 5.41) is 12.6. The van der Waals surface area contributed by atoms with Gasteiger partial charge in [0.15, 0.2) is 11.6 Å². The number of carbonyl (C=O) groups excluding carboxylic acids is 1. The lowest BCUT2D eigenvalue weighted by molar-refractivity contribution is 0.0246. The van der Waals surface area contributed by atoms with Gasteiger partial charge in [0, 0.05) is 25.8 Å². The summed E-state index contributed by atoms with van der Waals surface area (Å²) in [7, 11) is 0. The molecule has 1 saturated heterocycles. The van der Waals surface area contributed by atoms with Gasteiger partial charge in [-0.1, -0.05) is 6.92 Å². The van der Waals surface area contributed by atoms with E-state index in [9.17, 15) is 14.3 Å². The monoisotopic (exact) mass is 281 g/mol. The van der Waals surface area contributed by atoms with E-state index in [2.05, 4.69) is 10.3 Å². The molecule has 0 radical (unpaired) electrons. The minimum atomic E-state index is -0.632. The van der Waals surface area contributed by atoms with Gasteiger partial charge in [0.1, 0.15) is 0 Å². The molecule has 1 amide bonds. The molecule has 2 unspecified atom stereocenters. The summed E-state index contributed by atoms with van der Waals surface area (Å²) in [6, 6.07) is 1.38. The van der Waals surface area contributed by atoms with Crippen LogP contribution in [0.1, 0.15) is 30.6 Å². The van der Waals surface area contributed by atoms with Crippen molar-refractivity contribution in [2.24, 2.45) is 5.92 Å². The molecule has 2 N–H and O–H groups in total. The number of likely N-dealkylation sites (tertiary alicyclic amines) is 1. The molecule has 0 aromatic carbocycles. The summed E-state index contributed by atoms with van der Waals surface area (Å²) in [5.74, 6) is -0.773. The van der Waals surface area contributed by atoms with E-state index in [0.29, 0.717) is 13.1 Å². The fourth-order valence-electron chi connectivity index (χ4n) is 2.30. The fraction of sp³-hybridized carbons (Fsp3) is 0.571. The number of aliphatic hydroxyl groups is 1. The molecule has 1 aliphatic rings. The van der Waals surface area contributed by atoms with Crippen LogP contribution >= 0.6 is 0 Å². The van der Waals surface area contributed by atoms with Gasteiger partial charge in [-0.25, -0.2) is 9.37 Å². The maximum absolute atomic E-state index is 14.2. The third kappa shape index (κ3) is 2.90. The average molecular weight is 281 g/mol. The van der Waals surface area contributed by atoms with Crippen LogP contribution in [-0.2, 0) is 0 Å². The number of pyridine rings is 1. The molecule has 2 rings (SSSR count). The lowest BCUT2D eigenvalue weighted by atomic mass is 9.95. The largest absolute Gasteiger partial charge is 0.391 e. The number of hydrogen-bond donors (Lipinski definition) is 2. The minimum Gasteiger partial charge on any atom is -0.391 e. The highest BCUT2D eigenvalue weighted by molar-refractivity contribution is 5.95. The molecule has 5 nitrogen and oxygen atoms in total. The number of hydrogen-bond acceptors (Lipinski definition) is 4. The fourth-order valence-corrected chi connectivity index (χ4v) is 2.30. The van der Waals surface area contributed by atoms with Gasteiger partial charge < -0.3 is 15.3 Å². The number of carbonyl (C=O) groups is 1. The maximum atomic E-state index is 14.2. The molecule has 2 heterocycles. The van der Waals surface area contributed by atoms with Crippen molar-refractivity contribution >= 4 is 11.7 Å². The zero-order chi connectivity index (χ0) is 14.7. The molecule has 1 fully saturated rings. The Kier molecular flexibility index (Phi) is 4.54. The van der Waals surface area contributed by atoms with E-state index in [1.807, 2.05) is 13.8 Å². The number of β-amino-alcohol motifs (C(OH)–C–C–N with tert-alkyl or cyclic N) is 1. The van der Waals surface area contributed by atoms with Crippen molar-refractivity contribution < 1.29 is 14.3 Å². The zero-order valence-corrected chi connectivity index (χ0v) is 11.8. The van der Waals surface area contributed by atoms with Crippen molar-refractivity contribution in [3.05, 3.63) is 23.6 Å². The predicted octanol–water partition coefficient (Wildman–Crippen LogP) is 1.50. The highest BCUT2D eigenvalue weighted by Crippen LogP contribution is 2.21. The number of nitrogens with one attached hydrogen (secondary N) is 1. The Morgan fingerprint density at radius 3 is 3.05 bits per heavy atom. The summed E-state index contributed by atoms with van der Waals surface area (Å²) in [6.07, 6.45) is 1.59. The number of nitrogens with zero attached hydrogens (tertiary/aromatic N) is 2. The average Bonchev–Trinajstić information content (AvgIpc) is 2.44. The van der Waals surface area contributed by atoms with Gasteiger partial charge in [0.05, 0.1) is 11.7 Å². The molecule has 0 spiro atoms. The first-order valence-corrected chi connectivity index (χ1v) is 6.90. The van der Waals surface area contributed by atoms with Crippen LogP contribution < -0.4 is 5.32 Å². The van der Waals surface area contributed by atoms with Gasteiger partial charge in [-0.15, -0.1) is 0 Å². The van der Waals surface area contributed by atoms with Crippen molar-refractivity contribution in [2.75, 3.05) is 25.0 Å². The lowest BCUT2D eigenvalue weighted by Crippen LogP contribution is -2.46. The first kappa shape index (κ1) is 14.7. The van der Waals surface area contributed by atoms with Crippen molar-refractivity contribution in [2.45, 2.75) is 26.4 Å². The molecule has 0 saturated carbocycles. The molecular formula is C14H20FN3O2. The molecular weight excluding hydrogens is 261 g/mol. The van der Waals surface area contributed by atoms with Crippen molar-refractivity contribution in [3.8, 4) is 0 Å². The Hall–Kier alpha value is -1.69. The smallest absolute Gasteiger partial charge is 0.257 e. The van der Waals surface area contributed by atoms with Crippen LogP contribution in [0.15, 0.2) is 12.3 Å². The number of piperidine rings is 1. The summed E-state index contributed by atoms with van der Waals surface area (Å²) >= 11 is 0. The van der Waals surface area contributed by atoms with Crippen LogP contribution in [-0.4, -0.2) is 46.6 Å². The Balaban J connectivity index is 2.19. The molecule has 1 aromatic rings. The SMILES string of the molecule is CCNc1nccc(C(=O)N2CCC(C)C(O)C2)c1F. The van der Waals surface area contributed by atoms with Gasteiger partial charge in [-0.3, -0.25) is 4.79 Å². The van der Waals surface area contributed by atoms with E-state index in [1.165, 1.54) is 17.2 Å². The summed E-state index contributed by atoms with van der Waals surface area (Å²) in [6.45, 7) is 5.09. The molecule has 110 valence electrons. The number of aliphatic hydroxyl groups excluding tert-OH is 1. The third-order valence-electron chi connectivity index (χ3n) is 3.67. The van der Waals surface area contributed by atoms with E-state index in [0.717, 1.165) is 6.42 Å². The quantitative estimate of drug-likeness (QED) is 0.881. The molecule has 20 heavy (non-hydrogen) atoms. The molecule has 0 aliphatic carbocycles. The van der Waals surface area contributed by atoms with E-state index < -0.39 is 17.8 Å². The van der Waals surface area contributed by atoms with E-state index in [4.69, 9.17) is 0 Å². The Bertz CT molecular complexity index is 495. The molecule has 1 aromatic heterocycles. The maximum Gasteiger partial charge on any atom is 0.257 e. The Morgan fingerprint density at radius 1 is 1.65 bits per heavy atom. The van der Waals surface area contributed by atoms with E-state index in [1.54, 1.807) is 0 Å². The van der Waals surface area contributed by atoms with Crippen LogP contribution in [0.2, 0.25) is 0 Å². The standard InChI is InChI=1S/C14H20FN3O2/c1-3-16-13-12(15)10(4-6-17-13)14(20)18-7-5-9(2)11(19)8-18/h4,6,9,11,19H,3,5,7-8H2,1-2H3,(H,16,17). The first-order chi connectivity index (χ1) is 9.54. The Labute approximate surface area is 117 Å². The second-order valence-corrected chi connectivity index (χ2v) is 5.14. The topological polar surface area (TPSA) is 65.5 Å². The highest BCUT2D eigenvalue weighted by Gasteiger charge is 2.29. The van der Waals surface area contributed by atoms with Crippen molar-refractivity contribution in [1.29, 1.82) is 0 Å². The summed E-state index contributed by atoms with van der Waals surface area (Å²) in [4.78, 5) is 17.7. The highest BCUT2D eigenvalue weighted by atomic mass is 19.1. The van der Waals surface area contributed by atoms with Gasteiger partial charge >= 0.3 is 0 Å². The van der Waals surface area contributed by atoms with Gasteiger partial charge in [0.25, 0.3) is 5.91 Å². The third-order valence-corrected chi connectivity index (χ3v) is 3.67. The number of halogens is 1. The minimum absolute atomic E-state index is 0.00213. The van der Waals surface area contributed by atoms with E-state index >= 15 is 0 Å². The van der Waals surface area contributed by atoms with Crippen LogP contribution in [0.5, 0.6) is 0 Å². The second kappa shape index (κ2) is 6.17. The van der Waals surface area contributed by atoms with Crippen molar-refractivity contribution in [1.82, 2.24) is 9.88 Å². The number of amides is 1. The van der Waals surface area contributed by atoms with Crippen LogP contribution in [0.3, 0.4) is 0 Å². The van der Waals surface area contributed by atoms with Gasteiger partial charge in [-0.2, -0.15) is 0 Å². The van der Waals surface area contributed by atoms with Gasteiger partial charge in [0.2, 0.25) is 0 Å². The number of aromatic nitrogens is 1. The number of rotatable bonds is 3. The number of anilines is 1. The molecule has 0 bridgehead atoms. The van der Waals surface area contributed by atoms with Gasteiger partial charge in [-0.05, 0) is 25.3 Å². The summed E-state index contributed by atoms with van der Waals surface area (Å²) in [5.41, 5.74) is -0.00213. The van der Waals surface area contributed by atoms with Crippen molar-refractivity contribution in [3.63, 3.8) is 0 Å². The molecule has 2 atom stereocenters.